The highest BCUT2D eigenvalue weighted by atomic mass is 16.4. The van der Waals surface area contributed by atoms with Crippen LogP contribution >= 0.6 is 0 Å². The molecule has 0 aliphatic carbocycles. The summed E-state index contributed by atoms with van der Waals surface area (Å²) in [7, 11) is 0. The van der Waals surface area contributed by atoms with Crippen molar-refractivity contribution >= 4 is 11.9 Å². The van der Waals surface area contributed by atoms with Gasteiger partial charge in [0.25, 0.3) is 5.91 Å². The third-order valence-corrected chi connectivity index (χ3v) is 3.85. The number of hydrogen-bond donors (Lipinski definition) is 1. The van der Waals surface area contributed by atoms with Crippen LogP contribution in [-0.4, -0.2) is 43.9 Å². The number of aromatic nitrogens is 2. The van der Waals surface area contributed by atoms with Gasteiger partial charge in [0.05, 0.1) is 5.92 Å². The second-order valence-corrected chi connectivity index (χ2v) is 4.76. The number of amides is 1. The van der Waals surface area contributed by atoms with Crippen LogP contribution < -0.4 is 0 Å². The van der Waals surface area contributed by atoms with Crippen molar-refractivity contribution in [2.45, 2.75) is 31.3 Å². The lowest BCUT2D eigenvalue weighted by Gasteiger charge is -2.21. The third-order valence-electron chi connectivity index (χ3n) is 3.85. The topological polar surface area (TPSA) is 83.4 Å². The molecule has 0 unspecified atom stereocenters. The normalized spacial score (nSPS) is 29.6. The van der Waals surface area contributed by atoms with E-state index in [2.05, 4.69) is 9.97 Å². The molecule has 94 valence electrons. The maximum Gasteiger partial charge on any atom is 0.308 e. The first-order valence-corrected chi connectivity index (χ1v) is 6.01. The Morgan fingerprint density at radius 3 is 2.61 bits per heavy atom. The summed E-state index contributed by atoms with van der Waals surface area (Å²) in [5.41, 5.74) is 0. The second-order valence-electron chi connectivity index (χ2n) is 4.76. The minimum atomic E-state index is -0.811. The van der Waals surface area contributed by atoms with Crippen LogP contribution in [0.4, 0.5) is 0 Å². The van der Waals surface area contributed by atoms with E-state index < -0.39 is 11.9 Å². The lowest BCUT2D eigenvalue weighted by Crippen LogP contribution is -2.38. The van der Waals surface area contributed by atoms with Crippen molar-refractivity contribution in [1.82, 2.24) is 14.9 Å². The largest absolute Gasteiger partial charge is 0.481 e. The first kappa shape index (κ1) is 11.1. The molecule has 2 aliphatic rings. The number of carbonyl (C=O) groups is 2. The molecule has 0 spiro atoms. The number of rotatable bonds is 2. The lowest BCUT2D eigenvalue weighted by atomic mass is 9.89. The van der Waals surface area contributed by atoms with Crippen molar-refractivity contribution in [3.05, 3.63) is 24.3 Å². The Bertz CT molecular complexity index is 491. The minimum Gasteiger partial charge on any atom is -0.481 e. The van der Waals surface area contributed by atoms with E-state index in [0.717, 1.165) is 12.8 Å². The zero-order valence-corrected chi connectivity index (χ0v) is 9.69. The van der Waals surface area contributed by atoms with E-state index >= 15 is 0 Å². The molecular formula is C12H13N3O3. The molecule has 1 aromatic heterocycles. The highest BCUT2D eigenvalue weighted by Crippen LogP contribution is 2.42. The maximum absolute atomic E-state index is 12.3. The summed E-state index contributed by atoms with van der Waals surface area (Å²) in [4.78, 5) is 33.0. The summed E-state index contributed by atoms with van der Waals surface area (Å²) in [5.74, 6) is -1.34. The molecule has 1 aromatic rings. The zero-order valence-electron chi connectivity index (χ0n) is 9.69. The fraction of sp³-hybridized carbons (Fsp3) is 0.500. The van der Waals surface area contributed by atoms with E-state index in [9.17, 15) is 9.59 Å². The average molecular weight is 247 g/mol. The van der Waals surface area contributed by atoms with Crippen LogP contribution in [0.25, 0.3) is 0 Å². The molecule has 0 radical (unpaired) electrons. The highest BCUT2D eigenvalue weighted by Gasteiger charge is 2.51. The van der Waals surface area contributed by atoms with Crippen molar-refractivity contribution in [2.75, 3.05) is 0 Å². The Balaban J connectivity index is 1.86. The van der Waals surface area contributed by atoms with E-state index in [-0.39, 0.29) is 23.8 Å². The molecule has 0 saturated carbocycles. The summed E-state index contributed by atoms with van der Waals surface area (Å²) >= 11 is 0. The summed E-state index contributed by atoms with van der Waals surface area (Å²) in [6.07, 6.45) is 5.24. The highest BCUT2D eigenvalue weighted by molar-refractivity contribution is 5.92. The van der Waals surface area contributed by atoms with Gasteiger partial charge in [0.15, 0.2) is 0 Å². The number of carboxylic acid groups (broad SMARTS) is 1. The predicted octanol–water partition coefficient (Wildman–Crippen LogP) is 0.554. The minimum absolute atomic E-state index is 0.0346. The number of hydrogen-bond acceptors (Lipinski definition) is 4. The summed E-state index contributed by atoms with van der Waals surface area (Å²) in [6, 6.07) is 1.49. The third kappa shape index (κ3) is 1.56. The molecule has 18 heavy (non-hydrogen) atoms. The number of fused-ring (bicyclic) bond motifs is 2. The Hall–Kier alpha value is -1.98. The fourth-order valence-corrected chi connectivity index (χ4v) is 3.10. The molecular weight excluding hydrogens is 234 g/mol. The van der Waals surface area contributed by atoms with Crippen LogP contribution in [0.5, 0.6) is 0 Å². The summed E-state index contributed by atoms with van der Waals surface area (Å²) in [5, 5.41) is 9.14. The number of aliphatic carboxylic acids is 1. The summed E-state index contributed by atoms with van der Waals surface area (Å²) in [6.45, 7) is 0. The molecule has 2 bridgehead atoms. The van der Waals surface area contributed by atoms with Crippen LogP contribution in [0.15, 0.2) is 18.5 Å². The molecule has 1 amide bonds. The Morgan fingerprint density at radius 1 is 1.28 bits per heavy atom. The maximum atomic E-state index is 12.3. The Morgan fingerprint density at radius 2 is 2.00 bits per heavy atom. The smallest absolute Gasteiger partial charge is 0.308 e. The van der Waals surface area contributed by atoms with Gasteiger partial charge in [-0.3, -0.25) is 9.59 Å². The van der Waals surface area contributed by atoms with Gasteiger partial charge in [0, 0.05) is 24.5 Å². The SMILES string of the molecule is O=C(O)[C@@H]1C[C@H]2CC[C@@H]1N2C(=O)c1ncccn1. The zero-order chi connectivity index (χ0) is 12.7. The first-order chi connectivity index (χ1) is 8.68. The fourth-order valence-electron chi connectivity index (χ4n) is 3.10. The molecule has 0 aromatic carbocycles. The van der Waals surface area contributed by atoms with Crippen LogP contribution in [-0.2, 0) is 4.79 Å². The van der Waals surface area contributed by atoms with E-state index in [4.69, 9.17) is 5.11 Å². The lowest BCUT2D eigenvalue weighted by molar-refractivity contribution is -0.142. The van der Waals surface area contributed by atoms with E-state index in [1.165, 1.54) is 12.4 Å². The van der Waals surface area contributed by atoms with Crippen LogP contribution in [0.1, 0.15) is 29.9 Å². The van der Waals surface area contributed by atoms with Gasteiger partial charge in [-0.15, -0.1) is 0 Å². The summed E-state index contributed by atoms with van der Waals surface area (Å²) < 4.78 is 0. The van der Waals surface area contributed by atoms with Gasteiger partial charge in [0.2, 0.25) is 5.82 Å². The van der Waals surface area contributed by atoms with Gasteiger partial charge < -0.3 is 10.0 Å². The van der Waals surface area contributed by atoms with Crippen LogP contribution in [0.3, 0.4) is 0 Å². The van der Waals surface area contributed by atoms with Crippen molar-refractivity contribution in [3.8, 4) is 0 Å². The molecule has 6 heteroatoms. The molecule has 2 fully saturated rings. The van der Waals surface area contributed by atoms with Gasteiger partial charge in [-0.2, -0.15) is 0 Å². The van der Waals surface area contributed by atoms with Crippen molar-refractivity contribution in [2.24, 2.45) is 5.92 Å². The van der Waals surface area contributed by atoms with E-state index in [0.29, 0.717) is 6.42 Å². The number of nitrogens with zero attached hydrogens (tertiary/aromatic N) is 3. The molecule has 1 N–H and O–H groups in total. The number of carboxylic acids is 1. The second kappa shape index (κ2) is 4.04. The Labute approximate surface area is 104 Å². The number of carbonyl (C=O) groups excluding carboxylic acids is 1. The quantitative estimate of drug-likeness (QED) is 0.825. The molecule has 2 saturated heterocycles. The van der Waals surface area contributed by atoms with Crippen LogP contribution in [0, 0.1) is 5.92 Å². The molecule has 3 heterocycles. The average Bonchev–Trinajstić information content (AvgIpc) is 2.96. The molecule has 6 nitrogen and oxygen atoms in total. The predicted molar refractivity (Wildman–Crippen MR) is 60.8 cm³/mol. The monoisotopic (exact) mass is 247 g/mol. The van der Waals surface area contributed by atoms with Gasteiger partial charge in [-0.25, -0.2) is 9.97 Å². The standard InChI is InChI=1S/C12H13N3O3/c16-11(10-13-4-1-5-14-10)15-7-2-3-9(15)8(6-7)12(17)18/h1,4-5,7-9H,2-3,6H2,(H,17,18)/t7-,8-,9+/m1/s1. The van der Waals surface area contributed by atoms with Crippen LogP contribution in [0.2, 0.25) is 0 Å². The van der Waals surface area contributed by atoms with Gasteiger partial charge in [-0.05, 0) is 25.3 Å². The van der Waals surface area contributed by atoms with Crippen molar-refractivity contribution in [1.29, 1.82) is 0 Å². The molecule has 2 aliphatic heterocycles. The Kier molecular flexibility index (Phi) is 2.50. The van der Waals surface area contributed by atoms with Crippen molar-refractivity contribution < 1.29 is 14.7 Å². The first-order valence-electron chi connectivity index (χ1n) is 6.01. The van der Waals surface area contributed by atoms with Gasteiger partial charge >= 0.3 is 5.97 Å². The molecule has 3 rings (SSSR count). The van der Waals surface area contributed by atoms with Gasteiger partial charge in [0.1, 0.15) is 0 Å². The molecule has 3 atom stereocenters. The van der Waals surface area contributed by atoms with Gasteiger partial charge in [-0.1, -0.05) is 0 Å². The van der Waals surface area contributed by atoms with E-state index in [1.54, 1.807) is 11.0 Å². The van der Waals surface area contributed by atoms with Crippen molar-refractivity contribution in [3.63, 3.8) is 0 Å². The van der Waals surface area contributed by atoms with E-state index in [1.807, 2.05) is 0 Å².